The molecule has 3 fully saturated rings. The number of nitrogens with zero attached hydrogens (tertiary/aromatic N) is 3. The third kappa shape index (κ3) is 7.13. The van der Waals surface area contributed by atoms with Crippen LogP contribution in [0.15, 0.2) is 121 Å². The number of benzene rings is 5. The van der Waals surface area contributed by atoms with Gasteiger partial charge in [0.2, 0.25) is 18.6 Å². The molecule has 5 aliphatic rings. The van der Waals surface area contributed by atoms with Gasteiger partial charge in [0.15, 0.2) is 11.5 Å². The van der Waals surface area contributed by atoms with Gasteiger partial charge in [0.1, 0.15) is 29.9 Å². The maximum Gasteiger partial charge on any atom is 0.324 e. The molecule has 0 radical (unpaired) electrons. The Labute approximate surface area is 371 Å². The highest BCUT2D eigenvalue weighted by molar-refractivity contribution is 6.12. The van der Waals surface area contributed by atoms with Crippen LogP contribution in [0.1, 0.15) is 58.0 Å². The van der Waals surface area contributed by atoms with Crippen molar-refractivity contribution in [2.75, 3.05) is 58.1 Å². The number of nitrogens with one attached hydrogen (secondary N) is 1. The Bertz CT molecular complexity index is 2630. The number of aliphatic hydroxyl groups excluding tert-OH is 2. The number of anilines is 1. The van der Waals surface area contributed by atoms with Gasteiger partial charge in [0.05, 0.1) is 31.2 Å². The molecule has 0 bridgehead atoms. The maximum atomic E-state index is 16.0. The van der Waals surface area contributed by atoms with E-state index in [1.165, 1.54) is 0 Å². The van der Waals surface area contributed by atoms with Gasteiger partial charge in [-0.15, -0.1) is 0 Å². The number of carbonyl (C=O) groups excluding carboxylic acids is 3. The van der Waals surface area contributed by atoms with E-state index < -0.39 is 47.4 Å². The highest BCUT2D eigenvalue weighted by atomic mass is 16.7. The van der Waals surface area contributed by atoms with Gasteiger partial charge >= 0.3 is 5.97 Å². The minimum Gasteiger partial charge on any atom is -0.491 e. The zero-order valence-electron chi connectivity index (χ0n) is 35.1. The molecule has 0 saturated carbocycles. The van der Waals surface area contributed by atoms with Crippen molar-refractivity contribution < 1.29 is 43.5 Å². The lowest BCUT2D eigenvalue weighted by atomic mass is 9.64. The van der Waals surface area contributed by atoms with Crippen LogP contribution < -0.4 is 19.5 Å². The monoisotopic (exact) mass is 860 g/mol. The molecule has 5 aromatic rings. The Kier molecular flexibility index (Phi) is 11.3. The van der Waals surface area contributed by atoms with E-state index in [0.717, 1.165) is 16.7 Å². The van der Waals surface area contributed by atoms with E-state index in [-0.39, 0.29) is 38.9 Å². The molecule has 326 valence electrons. The fourth-order valence-corrected chi connectivity index (χ4v) is 10.5. The Morgan fingerprint density at radius 1 is 0.797 bits per heavy atom. The van der Waals surface area contributed by atoms with Crippen LogP contribution in [0.25, 0.3) is 0 Å². The zero-order valence-corrected chi connectivity index (χ0v) is 35.1. The maximum absolute atomic E-state index is 16.0. The summed E-state index contributed by atoms with van der Waals surface area (Å²) in [4.78, 5) is 53.1. The van der Waals surface area contributed by atoms with Crippen molar-refractivity contribution in [3.05, 3.63) is 155 Å². The molecule has 64 heavy (non-hydrogen) atoms. The Morgan fingerprint density at radius 2 is 1.53 bits per heavy atom. The number of carbonyl (C=O) groups is 3. The van der Waals surface area contributed by atoms with E-state index in [1.54, 1.807) is 23.1 Å². The van der Waals surface area contributed by atoms with Crippen LogP contribution in [0.2, 0.25) is 0 Å². The molecule has 13 heteroatoms. The van der Waals surface area contributed by atoms with E-state index in [1.807, 2.05) is 103 Å². The first-order valence-corrected chi connectivity index (χ1v) is 21.8. The average Bonchev–Trinajstić information content (AvgIpc) is 4.01. The van der Waals surface area contributed by atoms with Crippen molar-refractivity contribution in [2.24, 2.45) is 5.92 Å². The van der Waals surface area contributed by atoms with Crippen molar-refractivity contribution in [3.63, 3.8) is 0 Å². The number of ether oxygens (including phenoxy) is 4. The molecule has 10 rings (SSSR count). The van der Waals surface area contributed by atoms with Crippen molar-refractivity contribution in [3.8, 4) is 29.1 Å². The number of cyclic esters (lactones) is 1. The van der Waals surface area contributed by atoms with Crippen molar-refractivity contribution in [2.45, 2.75) is 42.6 Å². The van der Waals surface area contributed by atoms with Crippen LogP contribution in [0.4, 0.5) is 5.69 Å². The SMILES string of the molecule is O=C1O[C@H](c2ccccc2)[C@H](c2ccccc2)N2[C@H]1[C@@H](C(=O)N1CCN(Cc3ccc4c(c3)OCO4)CC1)[C@]1(C(=O)Nc3ccc(C#CCCO)cc31)[C@H]2c1ccccc1OCCO. The predicted molar refractivity (Wildman–Crippen MR) is 235 cm³/mol. The van der Waals surface area contributed by atoms with Crippen molar-refractivity contribution in [1.29, 1.82) is 0 Å². The number of piperazine rings is 1. The number of esters is 1. The Hall–Kier alpha value is -6.69. The van der Waals surface area contributed by atoms with Gasteiger partial charge in [0, 0.05) is 56.0 Å². The van der Waals surface area contributed by atoms with Crippen LogP contribution in [0, 0.1) is 17.8 Å². The summed E-state index contributed by atoms with van der Waals surface area (Å²) < 4.78 is 24.0. The van der Waals surface area contributed by atoms with Crippen LogP contribution in [0.3, 0.4) is 0 Å². The zero-order chi connectivity index (χ0) is 43.8. The van der Waals surface area contributed by atoms with E-state index in [2.05, 4.69) is 27.0 Å². The topological polar surface area (TPSA) is 150 Å². The molecule has 0 aromatic heterocycles. The van der Waals surface area contributed by atoms with Gasteiger partial charge in [0.25, 0.3) is 0 Å². The fourth-order valence-electron chi connectivity index (χ4n) is 10.5. The summed E-state index contributed by atoms with van der Waals surface area (Å²) in [5.74, 6) is 5.33. The molecule has 3 saturated heterocycles. The lowest BCUT2D eigenvalue weighted by Crippen LogP contribution is -2.58. The molecule has 2 amide bonds. The highest BCUT2D eigenvalue weighted by Gasteiger charge is 2.74. The third-order valence-electron chi connectivity index (χ3n) is 13.1. The van der Waals surface area contributed by atoms with Crippen LogP contribution >= 0.6 is 0 Å². The summed E-state index contributed by atoms with van der Waals surface area (Å²) >= 11 is 0. The number of hydrogen-bond acceptors (Lipinski definition) is 11. The summed E-state index contributed by atoms with van der Waals surface area (Å²) in [7, 11) is 0. The molecule has 5 aromatic carbocycles. The Morgan fingerprint density at radius 3 is 2.30 bits per heavy atom. The molecule has 0 unspecified atom stereocenters. The smallest absolute Gasteiger partial charge is 0.324 e. The number of rotatable bonds is 10. The van der Waals surface area contributed by atoms with E-state index in [9.17, 15) is 10.2 Å². The van der Waals surface area contributed by atoms with Gasteiger partial charge in [-0.05, 0) is 58.7 Å². The van der Waals surface area contributed by atoms with Crippen LogP contribution in [-0.4, -0.2) is 102 Å². The van der Waals surface area contributed by atoms with Gasteiger partial charge in [-0.25, -0.2) is 0 Å². The lowest BCUT2D eigenvalue weighted by Gasteiger charge is -2.46. The van der Waals surface area contributed by atoms with E-state index in [4.69, 9.17) is 18.9 Å². The van der Waals surface area contributed by atoms with E-state index in [0.29, 0.717) is 72.4 Å². The Balaban J connectivity index is 1.15. The number of morpholine rings is 1. The van der Waals surface area contributed by atoms with E-state index >= 15 is 14.4 Å². The average molecular weight is 861 g/mol. The molecule has 5 aliphatic heterocycles. The highest BCUT2D eigenvalue weighted by Crippen LogP contribution is 2.66. The standard InChI is InChI=1S/C51H48N4O9/c56-26-10-9-11-33-18-20-39-38(29-33)51(50(60)52-39)43(48(58)54-24-22-53(23-25-54)31-34-19-21-41-42(30-34)63-32-62-41)45-49(59)64-46(36-14-5-2-6-15-36)44(35-12-3-1-4-13-35)55(45)47(51)37-16-7-8-17-40(37)61-28-27-57/h1-8,12-21,29-30,43-47,56-57H,10,22-28,31-32H2,(H,52,60)/t43-,44-,45-,46+,47+,51-/m0/s1. The first-order chi connectivity index (χ1) is 31.4. The quantitative estimate of drug-likeness (QED) is 0.127. The first-order valence-electron chi connectivity index (χ1n) is 21.8. The predicted octanol–water partition coefficient (Wildman–Crippen LogP) is 5.14. The number of amides is 2. The normalized spacial score (nSPS) is 24.7. The second-order valence-corrected chi connectivity index (χ2v) is 16.7. The molecule has 0 aliphatic carbocycles. The molecule has 5 heterocycles. The largest absolute Gasteiger partial charge is 0.491 e. The molecule has 1 spiro atoms. The van der Waals surface area contributed by atoms with Gasteiger partial charge in [-0.3, -0.25) is 24.2 Å². The third-order valence-corrected chi connectivity index (χ3v) is 13.1. The van der Waals surface area contributed by atoms with Crippen LogP contribution in [-0.2, 0) is 31.1 Å². The summed E-state index contributed by atoms with van der Waals surface area (Å²) in [5.41, 5.74) is 3.11. The fraction of sp³-hybridized carbons (Fsp3) is 0.314. The minimum absolute atomic E-state index is 0.0246. The lowest BCUT2D eigenvalue weighted by molar-refractivity contribution is -0.179. The summed E-state index contributed by atoms with van der Waals surface area (Å²) in [6.07, 6.45) is -0.577. The second kappa shape index (κ2) is 17.5. The van der Waals surface area contributed by atoms with Crippen molar-refractivity contribution >= 4 is 23.5 Å². The first kappa shape index (κ1) is 41.3. The molecule has 13 nitrogen and oxygen atoms in total. The second-order valence-electron chi connectivity index (χ2n) is 16.7. The number of para-hydroxylation sites is 1. The summed E-state index contributed by atoms with van der Waals surface area (Å²) in [6.45, 7) is 2.25. The minimum atomic E-state index is -1.73. The molecular formula is C51H48N4O9. The molecular weight excluding hydrogens is 813 g/mol. The van der Waals surface area contributed by atoms with Gasteiger partial charge < -0.3 is 39.4 Å². The summed E-state index contributed by atoms with van der Waals surface area (Å²) in [5, 5.41) is 22.7. The van der Waals surface area contributed by atoms with Crippen LogP contribution in [0.5, 0.6) is 17.2 Å². The number of aliphatic hydroxyl groups is 2. The molecule has 6 atom stereocenters. The van der Waals surface area contributed by atoms with Gasteiger partial charge in [-0.2, -0.15) is 0 Å². The van der Waals surface area contributed by atoms with Gasteiger partial charge in [-0.1, -0.05) is 96.8 Å². The molecule has 3 N–H and O–H groups in total. The number of hydrogen-bond donors (Lipinski definition) is 3. The van der Waals surface area contributed by atoms with Crippen molar-refractivity contribution in [1.82, 2.24) is 14.7 Å². The summed E-state index contributed by atoms with van der Waals surface area (Å²) in [6, 6.07) is 35.1. The number of fused-ring (bicyclic) bond motifs is 4.